The van der Waals surface area contributed by atoms with Crippen molar-refractivity contribution in [2.45, 2.75) is 135 Å². The van der Waals surface area contributed by atoms with E-state index in [1.54, 1.807) is 0 Å². The van der Waals surface area contributed by atoms with Gasteiger partial charge in [-0.2, -0.15) is 0 Å². The van der Waals surface area contributed by atoms with E-state index < -0.39 is 11.1 Å². The van der Waals surface area contributed by atoms with Crippen LogP contribution in [0.3, 0.4) is 0 Å². The molecular formula is C26H48N2O5. The molecule has 1 amide bonds. The number of esters is 1. The second kappa shape index (κ2) is 11.9. The molecule has 1 aliphatic heterocycles. The van der Waals surface area contributed by atoms with Crippen LogP contribution in [-0.4, -0.2) is 66.0 Å². The van der Waals surface area contributed by atoms with Crippen LogP contribution < -0.4 is 5.32 Å². The van der Waals surface area contributed by atoms with E-state index in [-0.39, 0.29) is 30.3 Å². The van der Waals surface area contributed by atoms with Gasteiger partial charge in [-0.1, -0.05) is 0 Å². The lowest BCUT2D eigenvalue weighted by atomic mass is 9.82. The van der Waals surface area contributed by atoms with Gasteiger partial charge in [-0.3, -0.25) is 10.1 Å². The monoisotopic (exact) mass is 468 g/mol. The van der Waals surface area contributed by atoms with Crippen LogP contribution in [0.5, 0.6) is 0 Å². The molecule has 0 radical (unpaired) electrons. The third-order valence-electron chi connectivity index (χ3n) is 6.98. The van der Waals surface area contributed by atoms with E-state index in [4.69, 9.17) is 14.2 Å². The van der Waals surface area contributed by atoms with Gasteiger partial charge in [0.05, 0.1) is 13.2 Å². The van der Waals surface area contributed by atoms with Crippen molar-refractivity contribution in [1.82, 2.24) is 10.2 Å². The SMILES string of the molecule is COC(=O)C(C)(C)NC1CCC(CCCOC2C[C@@H](C)N(C(=O)OC(C)(C)C)[C@@H](C)C2)CC1. The summed E-state index contributed by atoms with van der Waals surface area (Å²) in [5.74, 6) is 0.530. The molecule has 0 bridgehead atoms. The molecular weight excluding hydrogens is 420 g/mol. The maximum atomic E-state index is 12.6. The van der Waals surface area contributed by atoms with Crippen molar-refractivity contribution in [3.8, 4) is 0 Å². The second-order valence-electron chi connectivity index (χ2n) is 11.7. The van der Waals surface area contributed by atoms with Crippen LogP contribution in [0.2, 0.25) is 0 Å². The predicted molar refractivity (Wildman–Crippen MR) is 130 cm³/mol. The van der Waals surface area contributed by atoms with Crippen molar-refractivity contribution in [1.29, 1.82) is 0 Å². The van der Waals surface area contributed by atoms with Gasteiger partial charge in [0, 0.05) is 24.7 Å². The first-order valence-electron chi connectivity index (χ1n) is 12.8. The maximum absolute atomic E-state index is 12.6. The highest BCUT2D eigenvalue weighted by Crippen LogP contribution is 2.30. The molecule has 1 unspecified atom stereocenters. The Morgan fingerprint density at radius 1 is 0.970 bits per heavy atom. The largest absolute Gasteiger partial charge is 0.468 e. The lowest BCUT2D eigenvalue weighted by molar-refractivity contribution is -0.147. The average molecular weight is 469 g/mol. The minimum absolute atomic E-state index is 0.116. The summed E-state index contributed by atoms with van der Waals surface area (Å²) in [5.41, 5.74) is -1.11. The van der Waals surface area contributed by atoms with E-state index in [0.717, 1.165) is 44.6 Å². The van der Waals surface area contributed by atoms with E-state index in [9.17, 15) is 9.59 Å². The molecule has 0 aromatic carbocycles. The number of methoxy groups -OCH3 is 1. The number of amides is 1. The zero-order valence-corrected chi connectivity index (χ0v) is 22.2. The Balaban J connectivity index is 1.65. The number of carbonyl (C=O) groups excluding carboxylic acids is 2. The minimum Gasteiger partial charge on any atom is -0.468 e. The molecule has 2 rings (SSSR count). The summed E-state index contributed by atoms with van der Waals surface area (Å²) in [4.78, 5) is 26.3. The van der Waals surface area contributed by atoms with Gasteiger partial charge in [-0.15, -0.1) is 0 Å². The van der Waals surface area contributed by atoms with E-state index in [2.05, 4.69) is 19.2 Å². The van der Waals surface area contributed by atoms with Gasteiger partial charge in [0.25, 0.3) is 0 Å². The molecule has 2 fully saturated rings. The van der Waals surface area contributed by atoms with Crippen LogP contribution in [0.4, 0.5) is 4.79 Å². The Morgan fingerprint density at radius 2 is 1.55 bits per heavy atom. The number of hydrogen-bond donors (Lipinski definition) is 1. The number of likely N-dealkylation sites (tertiary alicyclic amines) is 1. The molecule has 0 aromatic rings. The summed E-state index contributed by atoms with van der Waals surface area (Å²) in [6, 6.07) is 0.612. The molecule has 1 heterocycles. The molecule has 3 atom stereocenters. The lowest BCUT2D eigenvalue weighted by Crippen LogP contribution is -2.53. The van der Waals surface area contributed by atoms with Crippen LogP contribution in [0.15, 0.2) is 0 Å². The van der Waals surface area contributed by atoms with Gasteiger partial charge in [-0.05, 0) is 106 Å². The highest BCUT2D eigenvalue weighted by molar-refractivity contribution is 5.79. The normalized spacial score (nSPS) is 29.0. The number of nitrogens with one attached hydrogen (secondary N) is 1. The van der Waals surface area contributed by atoms with Crippen LogP contribution >= 0.6 is 0 Å². The summed E-state index contributed by atoms with van der Waals surface area (Å²) in [5, 5.41) is 3.47. The molecule has 1 saturated heterocycles. The standard InChI is InChI=1S/C26H48N2O5/c1-18-16-22(17-19(2)28(18)24(30)33-25(3,4)5)32-15-9-10-20-11-13-21(14-12-20)27-26(6,7)23(29)31-8/h18-22,27H,9-17H2,1-8H3/t18-,19+,20?,21?,22?. The Kier molecular flexibility index (Phi) is 10.0. The third kappa shape index (κ3) is 8.75. The van der Waals surface area contributed by atoms with E-state index in [1.807, 2.05) is 39.5 Å². The van der Waals surface area contributed by atoms with E-state index >= 15 is 0 Å². The van der Waals surface area contributed by atoms with Crippen molar-refractivity contribution < 1.29 is 23.8 Å². The highest BCUT2D eigenvalue weighted by atomic mass is 16.6. The fraction of sp³-hybridized carbons (Fsp3) is 0.923. The number of hydrogen-bond acceptors (Lipinski definition) is 6. The van der Waals surface area contributed by atoms with E-state index in [1.165, 1.54) is 26.4 Å². The number of ether oxygens (including phenoxy) is 3. The van der Waals surface area contributed by atoms with Crippen molar-refractivity contribution in [3.63, 3.8) is 0 Å². The minimum atomic E-state index is -0.632. The van der Waals surface area contributed by atoms with Crippen molar-refractivity contribution in [3.05, 3.63) is 0 Å². The second-order valence-corrected chi connectivity index (χ2v) is 11.7. The van der Waals surface area contributed by atoms with Gasteiger partial charge in [0.1, 0.15) is 11.1 Å². The first kappa shape index (κ1) is 27.9. The van der Waals surface area contributed by atoms with Crippen molar-refractivity contribution in [2.24, 2.45) is 5.92 Å². The van der Waals surface area contributed by atoms with Gasteiger partial charge < -0.3 is 19.1 Å². The van der Waals surface area contributed by atoms with Gasteiger partial charge in [0.2, 0.25) is 0 Å². The lowest BCUT2D eigenvalue weighted by Gasteiger charge is -2.42. The number of carbonyl (C=O) groups is 2. The number of piperidine rings is 1. The summed E-state index contributed by atoms with van der Waals surface area (Å²) in [7, 11) is 1.44. The molecule has 1 saturated carbocycles. The topological polar surface area (TPSA) is 77.1 Å². The first-order chi connectivity index (χ1) is 15.3. The Morgan fingerprint density at radius 3 is 2.06 bits per heavy atom. The quantitative estimate of drug-likeness (QED) is 0.396. The number of rotatable bonds is 8. The fourth-order valence-electron chi connectivity index (χ4n) is 5.37. The molecule has 1 aliphatic carbocycles. The first-order valence-corrected chi connectivity index (χ1v) is 12.8. The molecule has 33 heavy (non-hydrogen) atoms. The molecule has 2 aliphatic rings. The van der Waals surface area contributed by atoms with Crippen molar-refractivity contribution in [2.75, 3.05) is 13.7 Å². The number of nitrogens with zero attached hydrogens (tertiary/aromatic N) is 1. The smallest absolute Gasteiger partial charge is 0.410 e. The maximum Gasteiger partial charge on any atom is 0.410 e. The molecule has 7 heteroatoms. The summed E-state index contributed by atoms with van der Waals surface area (Å²) < 4.78 is 16.7. The molecule has 7 nitrogen and oxygen atoms in total. The molecule has 0 aromatic heterocycles. The van der Waals surface area contributed by atoms with Crippen LogP contribution in [0, 0.1) is 5.92 Å². The summed E-state index contributed by atoms with van der Waals surface area (Å²) >= 11 is 0. The van der Waals surface area contributed by atoms with Crippen LogP contribution in [0.1, 0.15) is 99.8 Å². The predicted octanol–water partition coefficient (Wildman–Crippen LogP) is 5.06. The summed E-state index contributed by atoms with van der Waals surface area (Å²) in [6.07, 6.45) is 8.55. The molecule has 1 N–H and O–H groups in total. The van der Waals surface area contributed by atoms with Gasteiger partial charge in [0.15, 0.2) is 0 Å². The highest BCUT2D eigenvalue weighted by Gasteiger charge is 2.37. The van der Waals surface area contributed by atoms with Gasteiger partial charge >= 0.3 is 12.1 Å². The molecule has 0 spiro atoms. The fourth-order valence-corrected chi connectivity index (χ4v) is 5.37. The average Bonchev–Trinajstić information content (AvgIpc) is 2.69. The van der Waals surface area contributed by atoms with E-state index in [0.29, 0.717) is 6.04 Å². The summed E-state index contributed by atoms with van der Waals surface area (Å²) in [6.45, 7) is 14.5. The Labute approximate surface area is 201 Å². The Hall–Kier alpha value is -1.34. The van der Waals surface area contributed by atoms with Crippen LogP contribution in [0.25, 0.3) is 0 Å². The zero-order chi connectivity index (χ0) is 24.8. The van der Waals surface area contributed by atoms with Gasteiger partial charge in [-0.25, -0.2) is 4.79 Å². The Bertz CT molecular complexity index is 625. The molecule has 192 valence electrons. The zero-order valence-electron chi connectivity index (χ0n) is 22.2. The third-order valence-corrected chi connectivity index (χ3v) is 6.98. The van der Waals surface area contributed by atoms with Crippen molar-refractivity contribution >= 4 is 12.1 Å². The van der Waals surface area contributed by atoms with Crippen LogP contribution in [-0.2, 0) is 19.0 Å².